The van der Waals surface area contributed by atoms with E-state index in [1.165, 1.54) is 4.68 Å². The molecule has 2 aromatic heterocycles. The molecule has 150 valence electrons. The maximum absolute atomic E-state index is 13.2. The minimum Gasteiger partial charge on any atom is -0.267 e. The number of para-hydroxylation sites is 1. The quantitative estimate of drug-likeness (QED) is 0.563. The summed E-state index contributed by atoms with van der Waals surface area (Å²) in [5.74, 6) is -0.120. The van der Waals surface area contributed by atoms with E-state index < -0.39 is 5.91 Å². The number of hydrogen-bond donors (Lipinski definition) is 1. The van der Waals surface area contributed by atoms with Crippen LogP contribution in [0.1, 0.15) is 36.7 Å². The fourth-order valence-corrected chi connectivity index (χ4v) is 3.19. The topological polar surface area (TPSA) is 76.9 Å². The molecule has 0 fully saturated rings. The normalized spacial score (nSPS) is 11.4. The lowest BCUT2D eigenvalue weighted by Gasteiger charge is -2.19. The maximum atomic E-state index is 13.2. The predicted octanol–water partition coefficient (Wildman–Crippen LogP) is 4.14. The summed E-state index contributed by atoms with van der Waals surface area (Å²) in [4.78, 5) is 35.0. The van der Waals surface area contributed by atoms with Crippen molar-refractivity contribution in [2.75, 3.05) is 5.43 Å². The Morgan fingerprint density at radius 2 is 1.63 bits per heavy atom. The smallest absolute Gasteiger partial charge is 0.267 e. The van der Waals surface area contributed by atoms with Gasteiger partial charge in [-0.05, 0) is 47.4 Å². The lowest BCUT2D eigenvalue weighted by Crippen LogP contribution is -2.35. The lowest BCUT2D eigenvalue weighted by atomic mass is 9.87. The number of amides is 1. The van der Waals surface area contributed by atoms with Crippen LogP contribution < -0.4 is 11.0 Å². The van der Waals surface area contributed by atoms with E-state index >= 15 is 0 Å². The van der Waals surface area contributed by atoms with Crippen LogP contribution in [0.25, 0.3) is 22.4 Å². The highest BCUT2D eigenvalue weighted by molar-refractivity contribution is 6.00. The molecule has 0 aliphatic heterocycles. The van der Waals surface area contributed by atoms with Crippen LogP contribution in [0.2, 0.25) is 0 Å². The standard InChI is InChI=1S/C24H22N4O2/c1-24(2,3)17-13-11-16(12-14-17)22(29)27-28-21(20-10-6-7-15-25-20)26-19-9-5-4-8-18(19)23(28)30/h4-15H,1-3H3,(H,27,29). The molecule has 4 aromatic rings. The van der Waals surface area contributed by atoms with Gasteiger partial charge in [0.05, 0.1) is 10.9 Å². The first-order valence-electron chi connectivity index (χ1n) is 9.70. The van der Waals surface area contributed by atoms with Crippen molar-refractivity contribution >= 4 is 16.8 Å². The van der Waals surface area contributed by atoms with Gasteiger partial charge in [0.2, 0.25) is 0 Å². The predicted molar refractivity (Wildman–Crippen MR) is 118 cm³/mol. The van der Waals surface area contributed by atoms with E-state index in [0.717, 1.165) is 5.56 Å². The van der Waals surface area contributed by atoms with Crippen LogP contribution in [0.5, 0.6) is 0 Å². The van der Waals surface area contributed by atoms with Crippen LogP contribution in [-0.2, 0) is 5.41 Å². The summed E-state index contributed by atoms with van der Waals surface area (Å²) >= 11 is 0. The second-order valence-corrected chi connectivity index (χ2v) is 8.08. The molecule has 6 nitrogen and oxygen atoms in total. The monoisotopic (exact) mass is 398 g/mol. The molecule has 1 N–H and O–H groups in total. The Hall–Kier alpha value is -3.80. The van der Waals surface area contributed by atoms with Crippen LogP contribution in [0, 0.1) is 0 Å². The summed E-state index contributed by atoms with van der Waals surface area (Å²) in [5.41, 5.74) is 4.94. The van der Waals surface area contributed by atoms with Gasteiger partial charge < -0.3 is 0 Å². The average molecular weight is 398 g/mol. The Labute approximate surface area is 174 Å². The second kappa shape index (κ2) is 7.55. The zero-order valence-corrected chi connectivity index (χ0v) is 17.1. The van der Waals surface area contributed by atoms with Gasteiger partial charge >= 0.3 is 0 Å². The fourth-order valence-electron chi connectivity index (χ4n) is 3.19. The highest BCUT2D eigenvalue weighted by atomic mass is 16.2. The lowest BCUT2D eigenvalue weighted by molar-refractivity contribution is 0.101. The summed E-state index contributed by atoms with van der Waals surface area (Å²) in [6, 6.07) is 19.7. The minimum atomic E-state index is -0.396. The fraction of sp³-hybridized carbons (Fsp3) is 0.167. The van der Waals surface area contributed by atoms with Crippen molar-refractivity contribution < 1.29 is 4.79 Å². The maximum Gasteiger partial charge on any atom is 0.280 e. The Morgan fingerprint density at radius 1 is 0.933 bits per heavy atom. The van der Waals surface area contributed by atoms with Crippen LogP contribution in [0.15, 0.2) is 77.7 Å². The third-order valence-electron chi connectivity index (χ3n) is 4.90. The van der Waals surface area contributed by atoms with Crippen molar-refractivity contribution in [3.05, 3.63) is 94.4 Å². The van der Waals surface area contributed by atoms with Gasteiger partial charge in [-0.15, -0.1) is 0 Å². The molecule has 0 saturated carbocycles. The number of carbonyl (C=O) groups excluding carboxylic acids is 1. The third-order valence-corrected chi connectivity index (χ3v) is 4.90. The van der Waals surface area contributed by atoms with E-state index in [9.17, 15) is 9.59 Å². The largest absolute Gasteiger partial charge is 0.280 e. The highest BCUT2D eigenvalue weighted by Gasteiger charge is 2.18. The average Bonchev–Trinajstić information content (AvgIpc) is 2.75. The first kappa shape index (κ1) is 19.5. The number of nitrogens with zero attached hydrogens (tertiary/aromatic N) is 3. The van der Waals surface area contributed by atoms with Gasteiger partial charge in [-0.1, -0.05) is 51.1 Å². The van der Waals surface area contributed by atoms with Crippen molar-refractivity contribution in [1.82, 2.24) is 14.6 Å². The summed E-state index contributed by atoms with van der Waals surface area (Å²) in [6.07, 6.45) is 1.62. The zero-order chi connectivity index (χ0) is 21.3. The van der Waals surface area contributed by atoms with E-state index in [1.54, 1.807) is 54.7 Å². The molecule has 2 heterocycles. The molecule has 1 amide bonds. The number of carbonyl (C=O) groups is 1. The number of pyridine rings is 1. The second-order valence-electron chi connectivity index (χ2n) is 8.08. The van der Waals surface area contributed by atoms with Gasteiger partial charge in [0.1, 0.15) is 5.69 Å². The SMILES string of the molecule is CC(C)(C)c1ccc(C(=O)Nn2c(-c3ccccn3)nc3ccccc3c2=O)cc1. The molecule has 6 heteroatoms. The van der Waals surface area contributed by atoms with Gasteiger partial charge in [-0.3, -0.25) is 20.0 Å². The first-order chi connectivity index (χ1) is 14.3. The molecule has 0 aliphatic carbocycles. The summed E-state index contributed by atoms with van der Waals surface area (Å²) in [7, 11) is 0. The van der Waals surface area contributed by atoms with Crippen molar-refractivity contribution in [2.45, 2.75) is 26.2 Å². The van der Waals surface area contributed by atoms with E-state index in [-0.39, 0.29) is 16.8 Å². The zero-order valence-electron chi connectivity index (χ0n) is 17.1. The van der Waals surface area contributed by atoms with E-state index in [4.69, 9.17) is 0 Å². The number of rotatable bonds is 3. The number of fused-ring (bicyclic) bond motifs is 1. The molecule has 0 bridgehead atoms. The van der Waals surface area contributed by atoms with Crippen LogP contribution in [0.4, 0.5) is 0 Å². The van der Waals surface area contributed by atoms with E-state index in [2.05, 4.69) is 36.2 Å². The molecule has 0 atom stereocenters. The Balaban J connectivity index is 1.79. The Kier molecular flexibility index (Phi) is 4.91. The van der Waals surface area contributed by atoms with E-state index in [1.807, 2.05) is 18.2 Å². The molecule has 0 unspecified atom stereocenters. The molecule has 0 saturated heterocycles. The van der Waals surface area contributed by atoms with Crippen LogP contribution in [-0.4, -0.2) is 20.6 Å². The molecule has 0 spiro atoms. The van der Waals surface area contributed by atoms with Crippen molar-refractivity contribution in [3.8, 4) is 11.5 Å². The van der Waals surface area contributed by atoms with Crippen LogP contribution >= 0.6 is 0 Å². The molecule has 2 aromatic carbocycles. The molecular weight excluding hydrogens is 376 g/mol. The van der Waals surface area contributed by atoms with Gasteiger partial charge in [0, 0.05) is 11.8 Å². The number of aromatic nitrogens is 3. The molecular formula is C24H22N4O2. The van der Waals surface area contributed by atoms with Gasteiger partial charge in [0.25, 0.3) is 11.5 Å². The Morgan fingerprint density at radius 3 is 2.30 bits per heavy atom. The van der Waals surface area contributed by atoms with Gasteiger partial charge in [0.15, 0.2) is 5.82 Å². The highest BCUT2D eigenvalue weighted by Crippen LogP contribution is 2.22. The van der Waals surface area contributed by atoms with Crippen molar-refractivity contribution in [2.24, 2.45) is 0 Å². The molecule has 30 heavy (non-hydrogen) atoms. The third kappa shape index (κ3) is 3.72. The summed E-state index contributed by atoms with van der Waals surface area (Å²) in [5, 5.41) is 0.417. The molecule has 0 radical (unpaired) electrons. The summed E-state index contributed by atoms with van der Waals surface area (Å²) in [6.45, 7) is 6.34. The summed E-state index contributed by atoms with van der Waals surface area (Å²) < 4.78 is 1.17. The number of nitrogens with one attached hydrogen (secondary N) is 1. The van der Waals surface area contributed by atoms with Gasteiger partial charge in [-0.2, -0.15) is 4.68 Å². The van der Waals surface area contributed by atoms with Crippen LogP contribution in [0.3, 0.4) is 0 Å². The Bertz CT molecular complexity index is 1270. The number of hydrogen-bond acceptors (Lipinski definition) is 4. The van der Waals surface area contributed by atoms with Gasteiger partial charge in [-0.25, -0.2) is 4.98 Å². The first-order valence-corrected chi connectivity index (χ1v) is 9.70. The van der Waals surface area contributed by atoms with E-state index in [0.29, 0.717) is 22.2 Å². The van der Waals surface area contributed by atoms with Crippen molar-refractivity contribution in [1.29, 1.82) is 0 Å². The number of benzene rings is 2. The minimum absolute atomic E-state index is 0.0135. The molecule has 4 rings (SSSR count). The molecule has 0 aliphatic rings. The van der Waals surface area contributed by atoms with Crippen molar-refractivity contribution in [3.63, 3.8) is 0 Å².